The average molecular weight is 486 g/mol. The van der Waals surface area contributed by atoms with Gasteiger partial charge in [0, 0.05) is 50.2 Å². The van der Waals surface area contributed by atoms with Crippen LogP contribution >= 0.6 is 0 Å². The zero-order chi connectivity index (χ0) is 24.0. The van der Waals surface area contributed by atoms with Gasteiger partial charge in [-0.2, -0.15) is 5.10 Å². The monoisotopic (exact) mass is 485 g/mol. The molecule has 1 amide bonds. The molecule has 186 valence electrons. The molecule has 5 heterocycles. The summed E-state index contributed by atoms with van der Waals surface area (Å²) in [6.45, 7) is 5.51. The molecule has 3 aliphatic rings. The number of ether oxygens (including phenoxy) is 2. The summed E-state index contributed by atoms with van der Waals surface area (Å²) in [5.74, 6) is 0.988. The number of hydrogen-bond acceptors (Lipinski definition) is 9. The minimum absolute atomic E-state index is 0.0254. The molecule has 12 nitrogen and oxygen atoms in total. The number of hydrogen-bond donors (Lipinski definition) is 4. The normalized spacial score (nSPS) is 25.5. The van der Waals surface area contributed by atoms with Gasteiger partial charge in [0.15, 0.2) is 23.7 Å². The summed E-state index contributed by atoms with van der Waals surface area (Å²) >= 11 is 0. The molecule has 3 fully saturated rings. The molecule has 6 rings (SSSR count). The highest BCUT2D eigenvalue weighted by atomic mass is 19.1. The Hall–Kier alpha value is -3.45. The van der Waals surface area contributed by atoms with Crippen molar-refractivity contribution in [2.45, 2.75) is 43.7 Å². The van der Waals surface area contributed by atoms with Gasteiger partial charge in [0.2, 0.25) is 5.95 Å². The number of anilines is 3. The van der Waals surface area contributed by atoms with Crippen molar-refractivity contribution in [1.29, 1.82) is 0 Å². The van der Waals surface area contributed by atoms with Gasteiger partial charge in [0.05, 0.1) is 24.2 Å². The summed E-state index contributed by atoms with van der Waals surface area (Å²) in [7, 11) is 0. The zero-order valence-corrected chi connectivity index (χ0v) is 19.3. The summed E-state index contributed by atoms with van der Waals surface area (Å²) in [6.07, 6.45) is 3.12. The number of fused-ring (bicyclic) bond motifs is 1. The topological polar surface area (TPSA) is 134 Å². The van der Waals surface area contributed by atoms with E-state index < -0.39 is 24.5 Å². The largest absolute Gasteiger partial charge is 0.441 e. The Labute approximate surface area is 200 Å². The van der Waals surface area contributed by atoms with Crippen molar-refractivity contribution in [3.63, 3.8) is 0 Å². The first kappa shape index (κ1) is 22.0. The summed E-state index contributed by atoms with van der Waals surface area (Å²) in [6, 6.07) is 1.67. The van der Waals surface area contributed by atoms with Crippen LogP contribution in [0.15, 0.2) is 24.7 Å². The van der Waals surface area contributed by atoms with Crippen molar-refractivity contribution in [2.75, 3.05) is 43.0 Å². The smallest absolute Gasteiger partial charge is 0.408 e. The third kappa shape index (κ3) is 4.36. The maximum absolute atomic E-state index is 15.0. The Morgan fingerprint density at radius 3 is 2.94 bits per heavy atom. The van der Waals surface area contributed by atoms with Crippen LogP contribution in [0.25, 0.3) is 5.65 Å². The van der Waals surface area contributed by atoms with E-state index in [1.54, 1.807) is 18.5 Å². The highest BCUT2D eigenvalue weighted by Crippen LogP contribution is 2.36. The molecule has 13 heteroatoms. The molecule has 3 aromatic heterocycles. The SMILES string of the molecule is CC1(NC(=O)O[C@@H]2CO[C@H](c3cc(Nc4ncc(N5CCNCC5)c5nccn45)n[nH]3)[C@@H]2F)CC1. The van der Waals surface area contributed by atoms with Crippen molar-refractivity contribution in [1.82, 2.24) is 35.2 Å². The van der Waals surface area contributed by atoms with Gasteiger partial charge in [-0.1, -0.05) is 0 Å². The van der Waals surface area contributed by atoms with Gasteiger partial charge in [-0.25, -0.2) is 19.2 Å². The minimum atomic E-state index is -1.52. The summed E-state index contributed by atoms with van der Waals surface area (Å²) in [4.78, 5) is 23.4. The number of nitrogens with zero attached hydrogens (tertiary/aromatic N) is 5. The highest BCUT2D eigenvalue weighted by molar-refractivity contribution is 5.71. The van der Waals surface area contributed by atoms with E-state index in [1.165, 1.54) is 0 Å². The van der Waals surface area contributed by atoms with E-state index in [4.69, 9.17) is 9.47 Å². The van der Waals surface area contributed by atoms with Crippen LogP contribution in [-0.4, -0.2) is 81.3 Å². The van der Waals surface area contributed by atoms with Crippen LogP contribution < -0.4 is 20.9 Å². The highest BCUT2D eigenvalue weighted by Gasteiger charge is 2.44. The number of amides is 1. The number of carbonyl (C=O) groups excluding carboxylic acids is 1. The van der Waals surface area contributed by atoms with E-state index in [0.29, 0.717) is 17.5 Å². The van der Waals surface area contributed by atoms with Crippen molar-refractivity contribution in [3.05, 3.63) is 30.4 Å². The van der Waals surface area contributed by atoms with Crippen molar-refractivity contribution in [3.8, 4) is 0 Å². The number of H-pyrrole nitrogens is 1. The molecule has 0 spiro atoms. The molecule has 0 bridgehead atoms. The first-order valence-corrected chi connectivity index (χ1v) is 11.8. The predicted octanol–water partition coefficient (Wildman–Crippen LogP) is 1.66. The summed E-state index contributed by atoms with van der Waals surface area (Å²) in [5, 5.41) is 16.3. The summed E-state index contributed by atoms with van der Waals surface area (Å²) < 4.78 is 27.8. The molecule has 3 aromatic rings. The van der Waals surface area contributed by atoms with E-state index in [9.17, 15) is 4.79 Å². The number of halogens is 1. The number of imidazole rings is 1. The second-order valence-corrected chi connectivity index (χ2v) is 9.49. The minimum Gasteiger partial charge on any atom is -0.441 e. The number of piperazine rings is 1. The van der Waals surface area contributed by atoms with E-state index in [1.807, 2.05) is 17.5 Å². The van der Waals surface area contributed by atoms with E-state index in [-0.39, 0.29) is 12.1 Å². The number of rotatable bonds is 6. The van der Waals surface area contributed by atoms with E-state index >= 15 is 4.39 Å². The molecule has 2 saturated heterocycles. The van der Waals surface area contributed by atoms with Crippen molar-refractivity contribution in [2.24, 2.45) is 0 Å². The number of nitrogens with one attached hydrogen (secondary N) is 4. The Morgan fingerprint density at radius 1 is 1.31 bits per heavy atom. The number of aromatic amines is 1. The van der Waals surface area contributed by atoms with Crippen LogP contribution in [0, 0.1) is 0 Å². The lowest BCUT2D eigenvalue weighted by molar-refractivity contribution is 0.0604. The van der Waals surface area contributed by atoms with E-state index in [0.717, 1.165) is 50.4 Å². The molecule has 0 radical (unpaired) electrons. The molecular weight excluding hydrogens is 457 g/mol. The lowest BCUT2D eigenvalue weighted by atomic mass is 10.1. The van der Waals surface area contributed by atoms with Gasteiger partial charge in [-0.3, -0.25) is 9.50 Å². The molecule has 35 heavy (non-hydrogen) atoms. The third-order valence-electron chi connectivity index (χ3n) is 6.76. The Morgan fingerprint density at radius 2 is 2.14 bits per heavy atom. The van der Waals surface area contributed by atoms with Crippen LogP contribution in [0.3, 0.4) is 0 Å². The first-order valence-electron chi connectivity index (χ1n) is 11.8. The lowest BCUT2D eigenvalue weighted by Crippen LogP contribution is -2.43. The molecule has 3 atom stereocenters. The number of alkyl halides is 1. The number of alkyl carbamates (subject to hydrolysis) is 1. The zero-order valence-electron chi connectivity index (χ0n) is 19.3. The fourth-order valence-corrected chi connectivity index (χ4v) is 4.45. The van der Waals surface area contributed by atoms with E-state index in [2.05, 4.69) is 41.0 Å². The van der Waals surface area contributed by atoms with Gasteiger partial charge in [-0.15, -0.1) is 0 Å². The Bertz CT molecular complexity index is 1220. The second-order valence-electron chi connectivity index (χ2n) is 9.49. The Balaban J connectivity index is 1.13. The maximum atomic E-state index is 15.0. The Kier molecular flexibility index (Phi) is 5.44. The summed E-state index contributed by atoms with van der Waals surface area (Å²) in [5.41, 5.74) is 1.97. The van der Waals surface area contributed by atoms with Crippen LogP contribution in [0.1, 0.15) is 31.6 Å². The van der Waals surface area contributed by atoms with Crippen LogP contribution in [0.5, 0.6) is 0 Å². The lowest BCUT2D eigenvalue weighted by Gasteiger charge is -2.29. The fraction of sp³-hybridized carbons (Fsp3) is 0.545. The first-order chi connectivity index (χ1) is 17.0. The average Bonchev–Trinajstić information content (AvgIpc) is 3.24. The van der Waals surface area contributed by atoms with Crippen LogP contribution in [0.4, 0.5) is 26.6 Å². The number of aromatic nitrogens is 5. The molecule has 2 aliphatic heterocycles. The quantitative estimate of drug-likeness (QED) is 0.411. The number of carbonyl (C=O) groups is 1. The molecule has 0 unspecified atom stereocenters. The van der Waals surface area contributed by atoms with Gasteiger partial charge in [0.1, 0.15) is 6.10 Å². The van der Waals surface area contributed by atoms with Crippen molar-refractivity contribution < 1.29 is 18.7 Å². The molecule has 1 aliphatic carbocycles. The standard InChI is InChI=1S/C22H28FN9O3/c1-22(2-3-22)28-21(33)35-15-12-34-18(17(15)23)13-10-16(30-29-13)27-20-26-11-14(19-25-6-9-32(19)20)31-7-4-24-5-8-31/h6,9-11,15,17-18,24H,2-5,7-8,12H2,1H3,(H,28,33)(H2,26,27,29,30)/t15-,17-,18-/m1/s1. The van der Waals surface area contributed by atoms with Crippen molar-refractivity contribution >= 4 is 29.2 Å². The third-order valence-corrected chi connectivity index (χ3v) is 6.76. The molecule has 0 aromatic carbocycles. The van der Waals surface area contributed by atoms with Gasteiger partial charge >= 0.3 is 6.09 Å². The van der Waals surface area contributed by atoms with Crippen LogP contribution in [-0.2, 0) is 9.47 Å². The molecular formula is C22H28FN9O3. The van der Waals surface area contributed by atoms with Gasteiger partial charge in [-0.05, 0) is 19.8 Å². The maximum Gasteiger partial charge on any atom is 0.408 e. The predicted molar refractivity (Wildman–Crippen MR) is 125 cm³/mol. The molecule has 1 saturated carbocycles. The fourth-order valence-electron chi connectivity index (χ4n) is 4.45. The van der Waals surface area contributed by atoms with Gasteiger partial charge < -0.3 is 30.3 Å². The second kappa shape index (κ2) is 8.64. The van der Waals surface area contributed by atoms with Gasteiger partial charge in [0.25, 0.3) is 0 Å². The molecule has 4 N–H and O–H groups in total. The van der Waals surface area contributed by atoms with Crippen LogP contribution in [0.2, 0.25) is 0 Å².